The summed E-state index contributed by atoms with van der Waals surface area (Å²) in [5.74, 6) is 0. The van der Waals surface area contributed by atoms with Gasteiger partial charge < -0.3 is 4.42 Å². The Bertz CT molecular complexity index is 430. The van der Waals surface area contributed by atoms with Crippen molar-refractivity contribution in [2.75, 3.05) is 0 Å². The lowest BCUT2D eigenvalue weighted by Gasteiger charge is -1.89. The Labute approximate surface area is 61.5 Å². The Balaban J connectivity index is 3.03. The molecule has 0 amide bonds. The molecule has 0 unspecified atom stereocenters. The van der Waals surface area contributed by atoms with Crippen molar-refractivity contribution in [1.82, 2.24) is 9.97 Å². The van der Waals surface area contributed by atoms with E-state index in [1.54, 1.807) is 6.07 Å². The first-order chi connectivity index (χ1) is 5.38. The van der Waals surface area contributed by atoms with E-state index in [1.165, 1.54) is 12.4 Å². The van der Waals surface area contributed by atoms with E-state index in [4.69, 9.17) is 0 Å². The van der Waals surface area contributed by atoms with E-state index >= 15 is 0 Å². The summed E-state index contributed by atoms with van der Waals surface area (Å²) < 4.78 is 4.55. The van der Waals surface area contributed by atoms with Gasteiger partial charge in [0.2, 0.25) is 0 Å². The maximum Gasteiger partial charge on any atom is 0.346 e. The summed E-state index contributed by atoms with van der Waals surface area (Å²) in [6.45, 7) is 0. The van der Waals surface area contributed by atoms with Gasteiger partial charge in [0.1, 0.15) is 0 Å². The van der Waals surface area contributed by atoms with Crippen LogP contribution in [-0.2, 0) is 0 Å². The number of rotatable bonds is 0. The van der Waals surface area contributed by atoms with E-state index in [-0.39, 0.29) is 5.63 Å². The van der Waals surface area contributed by atoms with Crippen molar-refractivity contribution in [1.29, 1.82) is 0 Å². The molecule has 0 fully saturated rings. The van der Waals surface area contributed by atoms with Crippen molar-refractivity contribution in [2.24, 2.45) is 0 Å². The topological polar surface area (TPSA) is 56.0 Å². The Kier molecular flexibility index (Phi) is 1.18. The summed E-state index contributed by atoms with van der Waals surface area (Å²) in [7, 11) is 0. The van der Waals surface area contributed by atoms with Crippen LogP contribution in [0.5, 0.6) is 0 Å². The molecule has 0 aromatic carbocycles. The van der Waals surface area contributed by atoms with Gasteiger partial charge in [0.15, 0.2) is 6.39 Å². The van der Waals surface area contributed by atoms with Gasteiger partial charge in [-0.15, -0.1) is 0 Å². The van der Waals surface area contributed by atoms with Crippen molar-refractivity contribution in [2.45, 2.75) is 0 Å². The van der Waals surface area contributed by atoms with Crippen molar-refractivity contribution >= 4 is 10.9 Å². The van der Waals surface area contributed by atoms with Crippen LogP contribution in [0.1, 0.15) is 0 Å². The SMILES string of the molecule is O=c1ocnc2cnccc12. The molecule has 2 aromatic heterocycles. The van der Waals surface area contributed by atoms with Crippen molar-refractivity contribution in [3.63, 3.8) is 0 Å². The molecule has 2 rings (SSSR count). The highest BCUT2D eigenvalue weighted by atomic mass is 16.4. The average Bonchev–Trinajstić information content (AvgIpc) is 2.06. The predicted molar refractivity (Wildman–Crippen MR) is 38.1 cm³/mol. The van der Waals surface area contributed by atoms with Gasteiger partial charge in [0.25, 0.3) is 0 Å². The third-order valence-corrected chi connectivity index (χ3v) is 1.37. The van der Waals surface area contributed by atoms with E-state index in [1.807, 2.05) is 0 Å². The maximum atomic E-state index is 10.9. The third-order valence-electron chi connectivity index (χ3n) is 1.37. The summed E-state index contributed by atoms with van der Waals surface area (Å²) in [6.07, 6.45) is 4.17. The lowest BCUT2D eigenvalue weighted by atomic mass is 10.3. The molecule has 0 atom stereocenters. The van der Waals surface area contributed by atoms with Gasteiger partial charge in [-0.3, -0.25) is 4.98 Å². The quantitative estimate of drug-likeness (QED) is 0.548. The number of nitrogens with zero attached hydrogens (tertiary/aromatic N) is 2. The molecular weight excluding hydrogens is 144 g/mol. The van der Waals surface area contributed by atoms with Crippen LogP contribution in [0.25, 0.3) is 10.9 Å². The van der Waals surface area contributed by atoms with Crippen molar-refractivity contribution in [3.8, 4) is 0 Å². The fourth-order valence-corrected chi connectivity index (χ4v) is 0.856. The zero-order chi connectivity index (χ0) is 7.68. The summed E-state index contributed by atoms with van der Waals surface area (Å²) in [5, 5.41) is 0.461. The van der Waals surface area contributed by atoms with Crippen LogP contribution in [0.15, 0.2) is 34.1 Å². The Hall–Kier alpha value is -1.71. The highest BCUT2D eigenvalue weighted by Gasteiger charge is 1.97. The smallest absolute Gasteiger partial charge is 0.346 e. The van der Waals surface area contributed by atoms with Gasteiger partial charge in [-0.25, -0.2) is 9.78 Å². The van der Waals surface area contributed by atoms with Gasteiger partial charge in [0, 0.05) is 6.20 Å². The number of hydrogen-bond donors (Lipinski definition) is 0. The molecule has 4 heteroatoms. The van der Waals surface area contributed by atoms with Crippen LogP contribution in [-0.4, -0.2) is 9.97 Å². The molecule has 11 heavy (non-hydrogen) atoms. The highest BCUT2D eigenvalue weighted by Crippen LogP contribution is 2.00. The predicted octanol–water partition coefficient (Wildman–Crippen LogP) is 0.583. The van der Waals surface area contributed by atoms with Gasteiger partial charge in [-0.1, -0.05) is 0 Å². The minimum absolute atomic E-state index is 0.377. The zero-order valence-electron chi connectivity index (χ0n) is 5.52. The molecule has 0 saturated carbocycles. The largest absolute Gasteiger partial charge is 0.411 e. The van der Waals surface area contributed by atoms with Gasteiger partial charge in [-0.2, -0.15) is 0 Å². The second-order valence-electron chi connectivity index (χ2n) is 2.03. The van der Waals surface area contributed by atoms with Crippen LogP contribution in [0, 0.1) is 0 Å². The second-order valence-corrected chi connectivity index (χ2v) is 2.03. The number of aromatic nitrogens is 2. The summed E-state index contributed by atoms with van der Waals surface area (Å²) >= 11 is 0. The van der Waals surface area contributed by atoms with Crippen LogP contribution in [0.3, 0.4) is 0 Å². The molecule has 0 aliphatic heterocycles. The van der Waals surface area contributed by atoms with Crippen LogP contribution in [0.4, 0.5) is 0 Å². The molecule has 4 nitrogen and oxygen atoms in total. The molecule has 0 aliphatic rings. The van der Waals surface area contributed by atoms with E-state index in [2.05, 4.69) is 14.4 Å². The molecule has 0 spiro atoms. The highest BCUT2D eigenvalue weighted by molar-refractivity contribution is 5.74. The molecule has 0 saturated heterocycles. The van der Waals surface area contributed by atoms with Crippen molar-refractivity contribution in [3.05, 3.63) is 35.3 Å². The van der Waals surface area contributed by atoms with Gasteiger partial charge in [-0.05, 0) is 6.07 Å². The van der Waals surface area contributed by atoms with Gasteiger partial charge in [0.05, 0.1) is 17.1 Å². The normalized spacial score (nSPS) is 10.2. The van der Waals surface area contributed by atoms with Gasteiger partial charge >= 0.3 is 5.63 Å². The lowest BCUT2D eigenvalue weighted by Crippen LogP contribution is -1.99. The molecule has 0 N–H and O–H groups in total. The zero-order valence-corrected chi connectivity index (χ0v) is 5.52. The summed E-state index contributed by atoms with van der Waals surface area (Å²) in [5.41, 5.74) is 0.182. The lowest BCUT2D eigenvalue weighted by molar-refractivity contribution is 0.501. The number of pyridine rings is 1. The summed E-state index contributed by atoms with van der Waals surface area (Å²) in [4.78, 5) is 18.6. The third kappa shape index (κ3) is 0.881. The van der Waals surface area contributed by atoms with E-state index < -0.39 is 0 Å². The molecular formula is C7H4N2O2. The Morgan fingerprint density at radius 1 is 1.45 bits per heavy atom. The fraction of sp³-hybridized carbons (Fsp3) is 0. The Morgan fingerprint density at radius 2 is 2.36 bits per heavy atom. The fourth-order valence-electron chi connectivity index (χ4n) is 0.856. The molecule has 0 bridgehead atoms. The van der Waals surface area contributed by atoms with E-state index in [0.29, 0.717) is 10.9 Å². The number of fused-ring (bicyclic) bond motifs is 1. The molecule has 2 aromatic rings. The van der Waals surface area contributed by atoms with Crippen LogP contribution >= 0.6 is 0 Å². The molecule has 2 heterocycles. The average molecular weight is 148 g/mol. The number of hydrogen-bond acceptors (Lipinski definition) is 4. The monoisotopic (exact) mass is 148 g/mol. The minimum Gasteiger partial charge on any atom is -0.411 e. The minimum atomic E-state index is -0.377. The first-order valence-electron chi connectivity index (χ1n) is 3.05. The van der Waals surface area contributed by atoms with Crippen LogP contribution in [0.2, 0.25) is 0 Å². The molecule has 0 aliphatic carbocycles. The summed E-state index contributed by atoms with van der Waals surface area (Å²) in [6, 6.07) is 1.58. The van der Waals surface area contributed by atoms with Crippen LogP contribution < -0.4 is 5.63 Å². The Morgan fingerprint density at radius 3 is 3.18 bits per heavy atom. The maximum absolute atomic E-state index is 10.9. The van der Waals surface area contributed by atoms with E-state index in [0.717, 1.165) is 6.39 Å². The first-order valence-corrected chi connectivity index (χ1v) is 3.05. The molecule has 54 valence electrons. The van der Waals surface area contributed by atoms with E-state index in [9.17, 15) is 4.79 Å². The standard InChI is InChI=1S/C7H4N2O2/c10-7-5-1-2-8-3-6(5)9-4-11-7/h1-4H. The second kappa shape index (κ2) is 2.16. The van der Waals surface area contributed by atoms with Crippen molar-refractivity contribution < 1.29 is 4.42 Å². The molecule has 0 radical (unpaired) electrons. The first kappa shape index (κ1) is 6.03.